The van der Waals surface area contributed by atoms with Crippen LogP contribution in [0.4, 0.5) is 11.4 Å². The van der Waals surface area contributed by atoms with Crippen LogP contribution in [0.1, 0.15) is 42.6 Å². The number of benzene rings is 2. The molecule has 0 spiro atoms. The minimum Gasteiger partial charge on any atom is -0.390 e. The molecule has 5 N–H and O–H groups in total. The number of nitrogens with one attached hydrogen (secondary N) is 2. The molecule has 7 heteroatoms. The van der Waals surface area contributed by atoms with Crippen LogP contribution in [-0.2, 0) is 11.2 Å². The summed E-state index contributed by atoms with van der Waals surface area (Å²) in [6.45, 7) is 4.72. The van der Waals surface area contributed by atoms with E-state index in [1.54, 1.807) is 17.0 Å². The summed E-state index contributed by atoms with van der Waals surface area (Å²) in [7, 11) is 0. The minimum atomic E-state index is -0.874. The highest BCUT2D eigenvalue weighted by Crippen LogP contribution is 2.27. The number of carbonyl (C=O) groups excluding carboxylic acids is 2. The molecule has 1 aliphatic rings. The van der Waals surface area contributed by atoms with Crippen LogP contribution in [-0.4, -0.2) is 48.2 Å². The summed E-state index contributed by atoms with van der Waals surface area (Å²) in [4.78, 5) is 27.1. The van der Waals surface area contributed by atoms with Gasteiger partial charge in [-0.25, -0.2) is 0 Å². The zero-order chi connectivity index (χ0) is 22.4. The van der Waals surface area contributed by atoms with Crippen LogP contribution in [0.3, 0.4) is 0 Å². The van der Waals surface area contributed by atoms with Gasteiger partial charge in [0.1, 0.15) is 0 Å². The van der Waals surface area contributed by atoms with E-state index in [4.69, 9.17) is 5.73 Å². The molecule has 2 atom stereocenters. The first-order chi connectivity index (χ1) is 14.9. The lowest BCUT2D eigenvalue weighted by atomic mass is 10.0. The quantitative estimate of drug-likeness (QED) is 0.494. The Morgan fingerprint density at radius 3 is 2.55 bits per heavy atom. The summed E-state index contributed by atoms with van der Waals surface area (Å²) in [5.41, 5.74) is 8.60. The van der Waals surface area contributed by atoms with Gasteiger partial charge in [0, 0.05) is 42.5 Å². The second-order valence-electron chi connectivity index (χ2n) is 8.29. The highest BCUT2D eigenvalue weighted by atomic mass is 16.3. The lowest BCUT2D eigenvalue weighted by Gasteiger charge is -2.24. The maximum absolute atomic E-state index is 13.2. The van der Waals surface area contributed by atoms with Crippen LogP contribution < -0.4 is 21.3 Å². The van der Waals surface area contributed by atoms with Crippen LogP contribution in [0.2, 0.25) is 0 Å². The number of hydrogen-bond acceptors (Lipinski definition) is 5. The molecule has 7 nitrogen and oxygen atoms in total. The topological polar surface area (TPSA) is 108 Å². The molecular formula is C24H32N4O3. The molecule has 166 valence electrons. The van der Waals surface area contributed by atoms with Gasteiger partial charge in [0.2, 0.25) is 5.91 Å². The van der Waals surface area contributed by atoms with Gasteiger partial charge >= 0.3 is 0 Å². The van der Waals surface area contributed by atoms with Crippen LogP contribution in [0.25, 0.3) is 0 Å². The summed E-state index contributed by atoms with van der Waals surface area (Å²) < 4.78 is 0. The maximum atomic E-state index is 13.2. The van der Waals surface area contributed by atoms with Gasteiger partial charge in [-0.2, -0.15) is 0 Å². The van der Waals surface area contributed by atoms with Crippen molar-refractivity contribution in [2.75, 3.05) is 23.3 Å². The number of aliphatic hydroxyl groups excluding tert-OH is 1. The molecule has 0 aromatic heterocycles. The zero-order valence-electron chi connectivity index (χ0n) is 18.2. The summed E-state index contributed by atoms with van der Waals surface area (Å²) in [6.07, 6.45) is 0.919. The smallest absolute Gasteiger partial charge is 0.251 e. The Hall–Kier alpha value is -2.90. The standard InChI is InChI=1S/C24H32N4O3/c1-16(2)26-19-12-18(13-20(14-19)28-10-6-9-23(28)30)24(31)27-21(22(29)15-25)11-17-7-4-3-5-8-17/h3-5,7-8,12-14,16,21-22,26,29H,6,9-11,15,25H2,1-2H3,(H,27,31)/t21-,22-/m0/s1. The van der Waals surface area contributed by atoms with Crippen molar-refractivity contribution in [2.45, 2.75) is 51.3 Å². The molecule has 1 saturated heterocycles. The number of amides is 2. The number of nitrogens with two attached hydrogens (primary N) is 1. The lowest BCUT2D eigenvalue weighted by Crippen LogP contribution is -2.47. The summed E-state index contributed by atoms with van der Waals surface area (Å²) in [6, 6.07) is 14.7. The van der Waals surface area contributed by atoms with Crippen molar-refractivity contribution in [3.05, 3.63) is 59.7 Å². The molecule has 0 saturated carbocycles. The van der Waals surface area contributed by atoms with Crippen molar-refractivity contribution >= 4 is 23.2 Å². The van der Waals surface area contributed by atoms with Crippen LogP contribution in [0.15, 0.2) is 48.5 Å². The van der Waals surface area contributed by atoms with E-state index in [1.165, 1.54) is 0 Å². The van der Waals surface area contributed by atoms with Crippen molar-refractivity contribution in [3.63, 3.8) is 0 Å². The van der Waals surface area contributed by atoms with Crippen LogP contribution >= 0.6 is 0 Å². The van der Waals surface area contributed by atoms with Crippen molar-refractivity contribution in [1.29, 1.82) is 0 Å². The lowest BCUT2D eigenvalue weighted by molar-refractivity contribution is -0.117. The Morgan fingerprint density at radius 1 is 1.19 bits per heavy atom. The molecule has 0 radical (unpaired) electrons. The normalized spacial score (nSPS) is 15.8. The third-order valence-corrected chi connectivity index (χ3v) is 5.34. The van der Waals surface area contributed by atoms with Crippen molar-refractivity contribution in [2.24, 2.45) is 5.73 Å². The van der Waals surface area contributed by atoms with Gasteiger partial charge in [0.05, 0.1) is 12.1 Å². The first-order valence-electron chi connectivity index (χ1n) is 10.8. The number of nitrogens with zero attached hydrogens (tertiary/aromatic N) is 1. The van der Waals surface area contributed by atoms with E-state index in [0.717, 1.165) is 17.7 Å². The maximum Gasteiger partial charge on any atom is 0.251 e. The van der Waals surface area contributed by atoms with Gasteiger partial charge in [-0.3, -0.25) is 9.59 Å². The van der Waals surface area contributed by atoms with Crippen molar-refractivity contribution in [3.8, 4) is 0 Å². The number of anilines is 2. The molecule has 2 aromatic rings. The summed E-state index contributed by atoms with van der Waals surface area (Å²) >= 11 is 0. The van der Waals surface area contributed by atoms with E-state index >= 15 is 0 Å². The number of aliphatic hydroxyl groups is 1. The third kappa shape index (κ3) is 6.06. The van der Waals surface area contributed by atoms with Crippen LogP contribution in [0, 0.1) is 0 Å². The van der Waals surface area contributed by atoms with E-state index in [9.17, 15) is 14.7 Å². The van der Waals surface area contributed by atoms with Gasteiger partial charge in [-0.1, -0.05) is 30.3 Å². The predicted octanol–water partition coefficient (Wildman–Crippen LogP) is 2.29. The molecule has 0 aliphatic carbocycles. The number of carbonyl (C=O) groups is 2. The first kappa shape index (κ1) is 22.8. The monoisotopic (exact) mass is 424 g/mol. The Bertz CT molecular complexity index is 901. The largest absolute Gasteiger partial charge is 0.390 e. The SMILES string of the molecule is CC(C)Nc1cc(C(=O)N[C@@H](Cc2ccccc2)[C@@H](O)CN)cc(N2CCCC2=O)c1. The van der Waals surface area contributed by atoms with Crippen molar-refractivity contribution in [1.82, 2.24) is 5.32 Å². The van der Waals surface area contributed by atoms with Gasteiger partial charge in [-0.15, -0.1) is 0 Å². The van der Waals surface area contributed by atoms with Gasteiger partial charge in [0.25, 0.3) is 5.91 Å². The first-order valence-corrected chi connectivity index (χ1v) is 10.8. The second kappa shape index (κ2) is 10.4. The highest BCUT2D eigenvalue weighted by molar-refractivity contribution is 6.00. The Morgan fingerprint density at radius 2 is 1.94 bits per heavy atom. The molecule has 1 aliphatic heterocycles. The van der Waals surface area contributed by atoms with Gasteiger partial charge in [-0.05, 0) is 50.5 Å². The molecule has 2 aromatic carbocycles. The van der Waals surface area contributed by atoms with Gasteiger partial charge < -0.3 is 26.4 Å². The van der Waals surface area contributed by atoms with E-state index < -0.39 is 12.1 Å². The van der Waals surface area contributed by atoms with E-state index in [-0.39, 0.29) is 24.4 Å². The van der Waals surface area contributed by atoms with E-state index in [0.29, 0.717) is 30.6 Å². The van der Waals surface area contributed by atoms with Crippen LogP contribution in [0.5, 0.6) is 0 Å². The number of rotatable bonds is 9. The van der Waals surface area contributed by atoms with Crippen molar-refractivity contribution < 1.29 is 14.7 Å². The Labute approximate surface area is 183 Å². The highest BCUT2D eigenvalue weighted by Gasteiger charge is 2.25. The minimum absolute atomic E-state index is 0.0419. The van der Waals surface area contributed by atoms with Gasteiger partial charge in [0.15, 0.2) is 0 Å². The second-order valence-corrected chi connectivity index (χ2v) is 8.29. The third-order valence-electron chi connectivity index (χ3n) is 5.34. The average Bonchev–Trinajstić information content (AvgIpc) is 3.18. The Kier molecular flexibility index (Phi) is 7.65. The molecule has 3 rings (SSSR count). The molecule has 1 fully saturated rings. The fraction of sp³-hybridized carbons (Fsp3) is 0.417. The van der Waals surface area contributed by atoms with E-state index in [1.807, 2.05) is 50.2 Å². The molecule has 1 heterocycles. The molecule has 2 amide bonds. The molecule has 0 bridgehead atoms. The fourth-order valence-electron chi connectivity index (χ4n) is 3.80. The van der Waals surface area contributed by atoms with E-state index in [2.05, 4.69) is 10.6 Å². The number of hydrogen-bond donors (Lipinski definition) is 4. The molecular weight excluding hydrogens is 392 g/mol. The summed E-state index contributed by atoms with van der Waals surface area (Å²) in [5.74, 6) is -0.248. The average molecular weight is 425 g/mol. The zero-order valence-corrected chi connectivity index (χ0v) is 18.2. The predicted molar refractivity (Wildman–Crippen MR) is 123 cm³/mol. The Balaban J connectivity index is 1.86. The summed E-state index contributed by atoms with van der Waals surface area (Å²) in [5, 5.41) is 16.7. The molecule has 31 heavy (non-hydrogen) atoms. The molecule has 0 unspecified atom stereocenters. The fourth-order valence-corrected chi connectivity index (χ4v) is 3.80.